The number of hydrogen-bond acceptors (Lipinski definition) is 2. The number of aromatic hydroxyl groups is 1. The van der Waals surface area contributed by atoms with E-state index in [1.54, 1.807) is 24.3 Å². The largest absolute Gasteiger partial charge is 0.507 e. The molecule has 0 saturated heterocycles. The van der Waals surface area contributed by atoms with E-state index in [2.05, 4.69) is 26.6 Å². The van der Waals surface area contributed by atoms with Crippen LogP contribution in [0.15, 0.2) is 77.3 Å². The number of para-hydroxylation sites is 2. The molecular formula is C19H15BrN2O2. The lowest BCUT2D eigenvalue weighted by Gasteiger charge is -2.10. The lowest BCUT2D eigenvalue weighted by Crippen LogP contribution is -2.19. The number of urea groups is 1. The fourth-order valence-electron chi connectivity index (χ4n) is 2.30. The first kappa shape index (κ1) is 16.1. The number of anilines is 2. The molecule has 0 radical (unpaired) electrons. The summed E-state index contributed by atoms with van der Waals surface area (Å²) >= 11 is 3.39. The van der Waals surface area contributed by atoms with Gasteiger partial charge in [0.1, 0.15) is 5.75 Å². The topological polar surface area (TPSA) is 61.4 Å². The predicted octanol–water partition coefficient (Wildman–Crippen LogP) is 5.47. The van der Waals surface area contributed by atoms with Gasteiger partial charge in [-0.25, -0.2) is 4.79 Å². The molecule has 3 aromatic rings. The predicted molar refractivity (Wildman–Crippen MR) is 100 cm³/mol. The summed E-state index contributed by atoms with van der Waals surface area (Å²) in [7, 11) is 0. The van der Waals surface area contributed by atoms with E-state index in [0.717, 1.165) is 15.6 Å². The van der Waals surface area contributed by atoms with Crippen LogP contribution in [-0.2, 0) is 0 Å². The molecule has 0 unspecified atom stereocenters. The van der Waals surface area contributed by atoms with E-state index in [9.17, 15) is 9.90 Å². The molecule has 0 spiro atoms. The lowest BCUT2D eigenvalue weighted by atomic mass is 10.0. The van der Waals surface area contributed by atoms with E-state index in [1.165, 1.54) is 0 Å². The zero-order valence-electron chi connectivity index (χ0n) is 12.7. The van der Waals surface area contributed by atoms with Crippen LogP contribution < -0.4 is 10.6 Å². The second-order valence-electron chi connectivity index (χ2n) is 5.15. The van der Waals surface area contributed by atoms with E-state index in [1.807, 2.05) is 48.5 Å². The van der Waals surface area contributed by atoms with Crippen molar-refractivity contribution in [3.05, 3.63) is 77.3 Å². The van der Waals surface area contributed by atoms with Crippen molar-refractivity contribution >= 4 is 33.3 Å². The fourth-order valence-corrected chi connectivity index (χ4v) is 2.68. The summed E-state index contributed by atoms with van der Waals surface area (Å²) in [4.78, 5) is 12.1. The highest BCUT2D eigenvalue weighted by molar-refractivity contribution is 9.10. The monoisotopic (exact) mass is 382 g/mol. The van der Waals surface area contributed by atoms with Gasteiger partial charge in [0.05, 0.1) is 5.69 Å². The molecule has 0 aliphatic carbocycles. The Labute approximate surface area is 148 Å². The minimum absolute atomic E-state index is 0.227. The van der Waals surface area contributed by atoms with Gasteiger partial charge in [0.2, 0.25) is 0 Å². The average molecular weight is 383 g/mol. The Balaban J connectivity index is 1.69. The smallest absolute Gasteiger partial charge is 0.323 e. The summed E-state index contributed by atoms with van der Waals surface area (Å²) in [5, 5.41) is 15.4. The van der Waals surface area contributed by atoms with Crippen LogP contribution in [0.4, 0.5) is 16.2 Å². The molecule has 120 valence electrons. The quantitative estimate of drug-likeness (QED) is 0.562. The highest BCUT2D eigenvalue weighted by atomic mass is 79.9. The number of rotatable bonds is 3. The standard InChI is InChI=1S/C19H15BrN2O2/c20-16-6-2-3-7-17(16)22-19(24)21-14-11-9-13(10-12-14)15-5-1-4-8-18(15)23/h1-12,23H,(H2,21,22,24). The van der Waals surface area contributed by atoms with E-state index in [-0.39, 0.29) is 11.8 Å². The summed E-state index contributed by atoms with van der Waals surface area (Å²) in [6.07, 6.45) is 0. The molecule has 0 aliphatic heterocycles. The number of carbonyl (C=O) groups excluding carboxylic acids is 1. The minimum Gasteiger partial charge on any atom is -0.507 e. The van der Waals surface area contributed by atoms with Gasteiger partial charge in [-0.2, -0.15) is 0 Å². The Morgan fingerprint density at radius 3 is 2.21 bits per heavy atom. The van der Waals surface area contributed by atoms with Gasteiger partial charge >= 0.3 is 6.03 Å². The first-order chi connectivity index (χ1) is 11.6. The van der Waals surface area contributed by atoms with Gasteiger partial charge in [0, 0.05) is 15.7 Å². The Morgan fingerprint density at radius 1 is 0.833 bits per heavy atom. The number of amides is 2. The maximum Gasteiger partial charge on any atom is 0.323 e. The summed E-state index contributed by atoms with van der Waals surface area (Å²) in [5.74, 6) is 0.227. The maximum atomic E-state index is 12.1. The number of carbonyl (C=O) groups is 1. The summed E-state index contributed by atoms with van der Waals surface area (Å²) in [5.41, 5.74) is 2.99. The molecule has 0 fully saturated rings. The zero-order chi connectivity index (χ0) is 16.9. The molecule has 3 rings (SSSR count). The zero-order valence-corrected chi connectivity index (χ0v) is 14.2. The van der Waals surface area contributed by atoms with Crippen molar-refractivity contribution in [1.29, 1.82) is 0 Å². The maximum absolute atomic E-state index is 12.1. The molecule has 4 nitrogen and oxygen atoms in total. The summed E-state index contributed by atoms with van der Waals surface area (Å²) in [6, 6.07) is 21.5. The van der Waals surface area contributed by atoms with Crippen LogP contribution in [0.5, 0.6) is 5.75 Å². The summed E-state index contributed by atoms with van der Waals surface area (Å²) in [6.45, 7) is 0. The van der Waals surface area contributed by atoms with Crippen LogP contribution in [0.3, 0.4) is 0 Å². The number of halogens is 1. The number of hydrogen-bond donors (Lipinski definition) is 3. The molecule has 0 atom stereocenters. The van der Waals surface area contributed by atoms with Crippen molar-refractivity contribution in [3.8, 4) is 16.9 Å². The van der Waals surface area contributed by atoms with E-state index < -0.39 is 0 Å². The van der Waals surface area contributed by atoms with Gasteiger partial charge in [0.15, 0.2) is 0 Å². The van der Waals surface area contributed by atoms with Crippen molar-refractivity contribution < 1.29 is 9.90 Å². The van der Waals surface area contributed by atoms with Crippen molar-refractivity contribution in [3.63, 3.8) is 0 Å². The van der Waals surface area contributed by atoms with Crippen molar-refractivity contribution in [2.24, 2.45) is 0 Å². The average Bonchev–Trinajstić information content (AvgIpc) is 2.58. The molecule has 2 amide bonds. The third-order valence-corrected chi connectivity index (χ3v) is 4.17. The first-order valence-corrected chi connectivity index (χ1v) is 8.14. The summed E-state index contributed by atoms with van der Waals surface area (Å²) < 4.78 is 0.815. The van der Waals surface area contributed by atoms with Crippen LogP contribution in [0, 0.1) is 0 Å². The Morgan fingerprint density at radius 2 is 1.50 bits per heavy atom. The van der Waals surface area contributed by atoms with Crippen LogP contribution in [0.1, 0.15) is 0 Å². The SMILES string of the molecule is O=C(Nc1ccc(-c2ccccc2O)cc1)Nc1ccccc1Br. The van der Waals surface area contributed by atoms with Crippen LogP contribution >= 0.6 is 15.9 Å². The van der Waals surface area contributed by atoms with Crippen LogP contribution in [-0.4, -0.2) is 11.1 Å². The minimum atomic E-state index is -0.322. The van der Waals surface area contributed by atoms with Crippen LogP contribution in [0.2, 0.25) is 0 Å². The second kappa shape index (κ2) is 7.19. The highest BCUT2D eigenvalue weighted by Crippen LogP contribution is 2.29. The second-order valence-corrected chi connectivity index (χ2v) is 6.01. The van der Waals surface area contributed by atoms with Gasteiger partial charge in [-0.3, -0.25) is 0 Å². The number of phenols is 1. The van der Waals surface area contributed by atoms with Gasteiger partial charge in [-0.15, -0.1) is 0 Å². The number of phenolic OH excluding ortho intramolecular Hbond substituents is 1. The van der Waals surface area contributed by atoms with E-state index >= 15 is 0 Å². The van der Waals surface area contributed by atoms with Gasteiger partial charge in [0.25, 0.3) is 0 Å². The number of nitrogens with one attached hydrogen (secondary N) is 2. The normalized spacial score (nSPS) is 10.2. The van der Waals surface area contributed by atoms with Gasteiger partial charge in [-0.1, -0.05) is 42.5 Å². The van der Waals surface area contributed by atoms with Crippen molar-refractivity contribution in [2.45, 2.75) is 0 Å². The van der Waals surface area contributed by atoms with E-state index in [4.69, 9.17) is 0 Å². The molecule has 0 aliphatic rings. The van der Waals surface area contributed by atoms with Crippen molar-refractivity contribution in [2.75, 3.05) is 10.6 Å². The Kier molecular flexibility index (Phi) is 4.82. The lowest BCUT2D eigenvalue weighted by molar-refractivity contribution is 0.262. The molecule has 3 N–H and O–H groups in total. The molecule has 24 heavy (non-hydrogen) atoms. The Hall–Kier alpha value is -2.79. The van der Waals surface area contributed by atoms with E-state index in [0.29, 0.717) is 11.4 Å². The number of benzene rings is 3. The molecule has 0 saturated carbocycles. The molecule has 3 aromatic carbocycles. The molecule has 0 heterocycles. The first-order valence-electron chi connectivity index (χ1n) is 7.34. The highest BCUT2D eigenvalue weighted by Gasteiger charge is 2.06. The molecule has 0 aromatic heterocycles. The third kappa shape index (κ3) is 3.75. The molecule has 0 bridgehead atoms. The van der Waals surface area contributed by atoms with Gasteiger partial charge < -0.3 is 15.7 Å². The Bertz CT molecular complexity index is 863. The third-order valence-electron chi connectivity index (χ3n) is 3.48. The van der Waals surface area contributed by atoms with Gasteiger partial charge in [-0.05, 0) is 51.8 Å². The van der Waals surface area contributed by atoms with Crippen molar-refractivity contribution in [1.82, 2.24) is 0 Å². The fraction of sp³-hybridized carbons (Fsp3) is 0. The molecule has 5 heteroatoms. The van der Waals surface area contributed by atoms with Crippen LogP contribution in [0.25, 0.3) is 11.1 Å². The molecular weight excluding hydrogens is 368 g/mol.